The number of hydrogen-bond acceptors (Lipinski definition) is 5. The smallest absolute Gasteiger partial charge is 0.244 e. The number of aromatic amines is 1. The highest BCUT2D eigenvalue weighted by Crippen LogP contribution is 2.16. The van der Waals surface area contributed by atoms with E-state index >= 15 is 0 Å². The van der Waals surface area contributed by atoms with E-state index in [1.807, 2.05) is 13.8 Å². The summed E-state index contributed by atoms with van der Waals surface area (Å²) in [6.45, 7) is 6.70. The van der Waals surface area contributed by atoms with E-state index in [9.17, 15) is 8.42 Å². The SMILES string of the molecule is Cc1[nH]nc(CN)c1S(=O)(=O)NCCCCOC(C)C. The number of nitrogens with zero attached hydrogens (tertiary/aromatic N) is 1. The molecule has 1 rings (SSSR count). The van der Waals surface area contributed by atoms with Gasteiger partial charge in [-0.1, -0.05) is 0 Å². The summed E-state index contributed by atoms with van der Waals surface area (Å²) < 4.78 is 32.3. The predicted molar refractivity (Wildman–Crippen MR) is 76.7 cm³/mol. The van der Waals surface area contributed by atoms with Gasteiger partial charge in [-0.25, -0.2) is 13.1 Å². The highest BCUT2D eigenvalue weighted by molar-refractivity contribution is 7.89. The summed E-state index contributed by atoms with van der Waals surface area (Å²) in [6.07, 6.45) is 1.74. The molecule has 7 nitrogen and oxygen atoms in total. The molecular weight excluding hydrogens is 280 g/mol. The lowest BCUT2D eigenvalue weighted by molar-refractivity contribution is 0.0762. The van der Waals surface area contributed by atoms with Crippen LogP contribution < -0.4 is 10.5 Å². The van der Waals surface area contributed by atoms with E-state index in [1.54, 1.807) is 6.92 Å². The van der Waals surface area contributed by atoms with E-state index in [0.717, 1.165) is 12.8 Å². The number of aryl methyl sites for hydroxylation is 1. The molecule has 0 amide bonds. The minimum absolute atomic E-state index is 0.0861. The first-order chi connectivity index (χ1) is 9.38. The lowest BCUT2D eigenvalue weighted by Crippen LogP contribution is -2.26. The summed E-state index contributed by atoms with van der Waals surface area (Å²) in [6, 6.07) is 0. The number of aromatic nitrogens is 2. The molecule has 20 heavy (non-hydrogen) atoms. The van der Waals surface area contributed by atoms with Crippen molar-refractivity contribution in [2.75, 3.05) is 13.2 Å². The average Bonchev–Trinajstić information content (AvgIpc) is 2.75. The first kappa shape index (κ1) is 17.1. The summed E-state index contributed by atoms with van der Waals surface area (Å²) in [5, 5.41) is 6.54. The van der Waals surface area contributed by atoms with Crippen LogP contribution in [-0.4, -0.2) is 37.9 Å². The normalized spacial score (nSPS) is 12.2. The van der Waals surface area contributed by atoms with Crippen molar-refractivity contribution in [1.29, 1.82) is 0 Å². The van der Waals surface area contributed by atoms with Gasteiger partial charge in [0.15, 0.2) is 0 Å². The number of nitrogens with one attached hydrogen (secondary N) is 2. The number of hydrogen-bond donors (Lipinski definition) is 3. The van der Waals surface area contributed by atoms with Gasteiger partial charge in [0.1, 0.15) is 4.90 Å². The Kier molecular flexibility index (Phi) is 6.60. The highest BCUT2D eigenvalue weighted by Gasteiger charge is 2.22. The number of unbranched alkanes of at least 4 members (excludes halogenated alkanes) is 1. The van der Waals surface area contributed by atoms with Gasteiger partial charge in [-0.2, -0.15) is 5.10 Å². The third-order valence-corrected chi connectivity index (χ3v) is 4.40. The van der Waals surface area contributed by atoms with E-state index in [4.69, 9.17) is 10.5 Å². The maximum absolute atomic E-state index is 12.2. The molecule has 0 fully saturated rings. The molecule has 1 aromatic rings. The third kappa shape index (κ3) is 4.86. The fourth-order valence-electron chi connectivity index (χ4n) is 1.79. The summed E-state index contributed by atoms with van der Waals surface area (Å²) in [5.74, 6) is 0. The summed E-state index contributed by atoms with van der Waals surface area (Å²) in [4.78, 5) is 0.165. The van der Waals surface area contributed by atoms with Gasteiger partial charge >= 0.3 is 0 Å². The Morgan fingerprint density at radius 1 is 1.40 bits per heavy atom. The summed E-state index contributed by atoms with van der Waals surface area (Å²) >= 11 is 0. The lowest BCUT2D eigenvalue weighted by Gasteiger charge is -2.09. The van der Waals surface area contributed by atoms with Gasteiger partial charge < -0.3 is 10.5 Å². The molecule has 8 heteroatoms. The molecule has 0 bridgehead atoms. The molecule has 0 aliphatic rings. The van der Waals surface area contributed by atoms with E-state index in [1.165, 1.54) is 0 Å². The Bertz CT molecular complexity index is 511. The number of nitrogens with two attached hydrogens (primary N) is 1. The first-order valence-corrected chi connectivity index (χ1v) is 8.22. The Balaban J connectivity index is 2.48. The van der Waals surface area contributed by atoms with E-state index < -0.39 is 10.0 Å². The molecule has 116 valence electrons. The molecule has 0 aliphatic heterocycles. The van der Waals surface area contributed by atoms with Crippen molar-refractivity contribution in [2.24, 2.45) is 5.73 Å². The van der Waals surface area contributed by atoms with Crippen LogP contribution in [0.5, 0.6) is 0 Å². The minimum atomic E-state index is -3.56. The van der Waals surface area contributed by atoms with Gasteiger partial charge in [-0.3, -0.25) is 5.10 Å². The maximum atomic E-state index is 12.2. The molecule has 0 aromatic carbocycles. The van der Waals surface area contributed by atoms with Gasteiger partial charge in [0.25, 0.3) is 0 Å². The quantitative estimate of drug-likeness (QED) is 0.580. The number of H-pyrrole nitrogens is 1. The predicted octanol–water partition coefficient (Wildman–Crippen LogP) is 0.660. The summed E-state index contributed by atoms with van der Waals surface area (Å²) in [5.41, 5.74) is 6.35. The van der Waals surface area contributed by atoms with Gasteiger partial charge in [-0.15, -0.1) is 0 Å². The number of ether oxygens (including phenoxy) is 1. The van der Waals surface area contributed by atoms with Crippen LogP contribution in [0.1, 0.15) is 38.1 Å². The standard InChI is InChI=1S/C12H24N4O3S/c1-9(2)19-7-5-4-6-14-20(17,18)12-10(3)15-16-11(12)8-13/h9,14H,4-8,13H2,1-3H3,(H,15,16). The van der Waals surface area contributed by atoms with Gasteiger partial charge in [-0.05, 0) is 33.6 Å². The zero-order valence-corrected chi connectivity index (χ0v) is 13.1. The van der Waals surface area contributed by atoms with Gasteiger partial charge in [0.2, 0.25) is 10.0 Å². The second kappa shape index (κ2) is 7.72. The second-order valence-electron chi connectivity index (χ2n) is 4.85. The van der Waals surface area contributed by atoms with Crippen LogP contribution in [0, 0.1) is 6.92 Å². The zero-order valence-electron chi connectivity index (χ0n) is 12.3. The molecule has 1 aromatic heterocycles. The Morgan fingerprint density at radius 2 is 2.10 bits per heavy atom. The maximum Gasteiger partial charge on any atom is 0.244 e. The highest BCUT2D eigenvalue weighted by atomic mass is 32.2. The van der Waals surface area contributed by atoms with Crippen molar-refractivity contribution in [1.82, 2.24) is 14.9 Å². The van der Waals surface area contributed by atoms with Crippen molar-refractivity contribution in [3.8, 4) is 0 Å². The lowest BCUT2D eigenvalue weighted by atomic mass is 10.3. The minimum Gasteiger partial charge on any atom is -0.379 e. The van der Waals surface area contributed by atoms with Crippen LogP contribution in [-0.2, 0) is 21.3 Å². The fourth-order valence-corrected chi connectivity index (χ4v) is 3.23. The molecular formula is C12H24N4O3S. The molecule has 0 aliphatic carbocycles. The van der Waals surface area contributed by atoms with Gasteiger partial charge in [0.05, 0.1) is 17.5 Å². The van der Waals surface area contributed by atoms with Crippen LogP contribution in [0.15, 0.2) is 4.90 Å². The molecule has 0 spiro atoms. The topological polar surface area (TPSA) is 110 Å². The summed E-state index contributed by atoms with van der Waals surface area (Å²) in [7, 11) is -3.56. The molecule has 0 saturated heterocycles. The first-order valence-electron chi connectivity index (χ1n) is 6.73. The van der Waals surface area contributed by atoms with Crippen molar-refractivity contribution in [2.45, 2.75) is 51.2 Å². The average molecular weight is 304 g/mol. The Morgan fingerprint density at radius 3 is 2.70 bits per heavy atom. The van der Waals surface area contributed by atoms with Crippen LogP contribution in [0.3, 0.4) is 0 Å². The molecule has 0 unspecified atom stereocenters. The van der Waals surface area contributed by atoms with E-state index in [-0.39, 0.29) is 17.5 Å². The van der Waals surface area contributed by atoms with Crippen molar-refractivity contribution in [3.63, 3.8) is 0 Å². The molecule has 0 atom stereocenters. The second-order valence-corrected chi connectivity index (χ2v) is 6.56. The van der Waals surface area contributed by atoms with E-state index in [2.05, 4.69) is 14.9 Å². The molecule has 1 heterocycles. The van der Waals surface area contributed by atoms with Crippen LogP contribution in [0.2, 0.25) is 0 Å². The number of rotatable bonds is 9. The molecule has 4 N–H and O–H groups in total. The fraction of sp³-hybridized carbons (Fsp3) is 0.750. The molecule has 0 radical (unpaired) electrons. The zero-order chi connectivity index (χ0) is 15.2. The van der Waals surface area contributed by atoms with Crippen molar-refractivity contribution in [3.05, 3.63) is 11.4 Å². The van der Waals surface area contributed by atoms with Crippen molar-refractivity contribution >= 4 is 10.0 Å². The van der Waals surface area contributed by atoms with Gasteiger partial charge in [0, 0.05) is 19.7 Å². The van der Waals surface area contributed by atoms with Crippen LogP contribution >= 0.6 is 0 Å². The Hall–Kier alpha value is -0.960. The monoisotopic (exact) mass is 304 g/mol. The van der Waals surface area contributed by atoms with Crippen LogP contribution in [0.4, 0.5) is 0 Å². The largest absolute Gasteiger partial charge is 0.379 e. The third-order valence-electron chi connectivity index (χ3n) is 2.74. The Labute approximate surface area is 120 Å². The number of sulfonamides is 1. The van der Waals surface area contributed by atoms with Crippen LogP contribution in [0.25, 0.3) is 0 Å². The van der Waals surface area contributed by atoms with Crippen molar-refractivity contribution < 1.29 is 13.2 Å². The molecule has 0 saturated carbocycles. The van der Waals surface area contributed by atoms with E-state index in [0.29, 0.717) is 24.5 Å².